The Labute approximate surface area is 126 Å². The molecule has 1 aromatic heterocycles. The number of carbonyl (C=O) groups is 1. The van der Waals surface area contributed by atoms with Gasteiger partial charge in [-0.05, 0) is 40.0 Å². The third kappa shape index (κ3) is 6.47. The summed E-state index contributed by atoms with van der Waals surface area (Å²) in [5.74, 6) is 0.0559. The van der Waals surface area contributed by atoms with Crippen molar-refractivity contribution in [3.05, 3.63) is 24.3 Å². The zero-order chi connectivity index (χ0) is 16.0. The summed E-state index contributed by atoms with van der Waals surface area (Å²) in [6, 6.07) is -0.508. The van der Waals surface area contributed by atoms with E-state index in [-0.39, 0.29) is 5.97 Å². The second-order valence-corrected chi connectivity index (χ2v) is 6.48. The second kappa shape index (κ2) is 7.29. The van der Waals surface area contributed by atoms with Crippen LogP contribution in [0.2, 0.25) is 0 Å². The maximum atomic E-state index is 12.3. The van der Waals surface area contributed by atoms with E-state index < -0.39 is 11.6 Å². The Morgan fingerprint density at radius 2 is 2.00 bits per heavy atom. The van der Waals surface area contributed by atoms with Gasteiger partial charge in [-0.15, -0.1) is 0 Å². The van der Waals surface area contributed by atoms with Crippen LogP contribution < -0.4 is 0 Å². The lowest BCUT2D eigenvalue weighted by atomic mass is 10.0. The lowest BCUT2D eigenvalue weighted by molar-refractivity contribution is -0.156. The van der Waals surface area contributed by atoms with E-state index in [0.29, 0.717) is 23.7 Å². The highest BCUT2D eigenvalue weighted by Gasteiger charge is 2.25. The first kappa shape index (κ1) is 17.3. The quantitative estimate of drug-likeness (QED) is 0.618. The zero-order valence-electron chi connectivity index (χ0n) is 13.8. The average molecular weight is 291 g/mol. The first-order chi connectivity index (χ1) is 9.69. The summed E-state index contributed by atoms with van der Waals surface area (Å²) >= 11 is 0. The number of aliphatic imine (C=N–C) groups is 1. The largest absolute Gasteiger partial charge is 0.458 e. The summed E-state index contributed by atoms with van der Waals surface area (Å²) in [4.78, 5) is 25.0. The Bertz CT molecular complexity index is 490. The van der Waals surface area contributed by atoms with E-state index in [1.807, 2.05) is 27.7 Å². The van der Waals surface area contributed by atoms with Crippen LogP contribution in [0.1, 0.15) is 53.7 Å². The predicted molar refractivity (Wildman–Crippen MR) is 83.3 cm³/mol. The maximum absolute atomic E-state index is 12.3. The van der Waals surface area contributed by atoms with E-state index in [9.17, 15) is 4.79 Å². The normalized spacial score (nSPS) is 14.1. The van der Waals surface area contributed by atoms with E-state index >= 15 is 0 Å². The number of aromatic nitrogens is 2. The van der Waals surface area contributed by atoms with Crippen LogP contribution >= 0.6 is 0 Å². The van der Waals surface area contributed by atoms with Gasteiger partial charge in [0.15, 0.2) is 0 Å². The first-order valence-corrected chi connectivity index (χ1v) is 7.22. The minimum atomic E-state index is -0.512. The monoisotopic (exact) mass is 291 g/mol. The summed E-state index contributed by atoms with van der Waals surface area (Å²) < 4.78 is 5.46. The molecule has 0 spiro atoms. The van der Waals surface area contributed by atoms with Crippen LogP contribution in [0.4, 0.5) is 0 Å². The lowest BCUT2D eigenvalue weighted by Gasteiger charge is -2.23. The van der Waals surface area contributed by atoms with Crippen molar-refractivity contribution in [2.24, 2.45) is 10.9 Å². The minimum Gasteiger partial charge on any atom is -0.458 e. The molecule has 116 valence electrons. The summed E-state index contributed by atoms with van der Waals surface area (Å²) in [6.07, 6.45) is 5.50. The van der Waals surface area contributed by atoms with Gasteiger partial charge >= 0.3 is 5.97 Å². The van der Waals surface area contributed by atoms with Crippen LogP contribution in [0, 0.1) is 5.92 Å². The fourth-order valence-corrected chi connectivity index (χ4v) is 1.80. The molecule has 0 fully saturated rings. The molecule has 0 N–H and O–H groups in total. The fourth-order valence-electron chi connectivity index (χ4n) is 1.80. The fraction of sp³-hybridized carbons (Fsp3) is 0.625. The average Bonchev–Trinajstić information content (AvgIpc) is 2.36. The van der Waals surface area contributed by atoms with E-state index in [4.69, 9.17) is 4.74 Å². The van der Waals surface area contributed by atoms with E-state index in [2.05, 4.69) is 28.8 Å². The number of nitrogens with zero attached hydrogens (tertiary/aromatic N) is 3. The van der Waals surface area contributed by atoms with Crippen LogP contribution in [0.15, 0.2) is 23.6 Å². The Morgan fingerprint density at radius 1 is 1.33 bits per heavy atom. The van der Waals surface area contributed by atoms with Gasteiger partial charge in [0.25, 0.3) is 0 Å². The van der Waals surface area contributed by atoms with Gasteiger partial charge in [-0.1, -0.05) is 13.8 Å². The molecule has 0 aliphatic carbocycles. The molecule has 0 amide bonds. The molecule has 1 rings (SSSR count). The Morgan fingerprint density at radius 3 is 2.48 bits per heavy atom. The molecule has 0 bridgehead atoms. The molecule has 1 heterocycles. The van der Waals surface area contributed by atoms with Crippen molar-refractivity contribution in [1.82, 2.24) is 9.97 Å². The smallest absolute Gasteiger partial charge is 0.331 e. The van der Waals surface area contributed by atoms with Crippen LogP contribution in [0.25, 0.3) is 0 Å². The first-order valence-electron chi connectivity index (χ1n) is 7.22. The van der Waals surface area contributed by atoms with Crippen molar-refractivity contribution in [2.75, 3.05) is 0 Å². The summed E-state index contributed by atoms with van der Waals surface area (Å²) in [7, 11) is 0. The molecule has 1 unspecified atom stereocenters. The van der Waals surface area contributed by atoms with Gasteiger partial charge in [-0.2, -0.15) is 0 Å². The van der Waals surface area contributed by atoms with Gasteiger partial charge < -0.3 is 4.74 Å². The molecule has 0 aliphatic rings. The van der Waals surface area contributed by atoms with Crippen LogP contribution in [-0.2, 0) is 9.53 Å². The van der Waals surface area contributed by atoms with Crippen molar-refractivity contribution >= 4 is 11.7 Å². The Balaban J connectivity index is 2.95. The van der Waals surface area contributed by atoms with Crippen LogP contribution in [0.3, 0.4) is 0 Å². The zero-order valence-corrected chi connectivity index (χ0v) is 13.8. The van der Waals surface area contributed by atoms with Crippen molar-refractivity contribution < 1.29 is 9.53 Å². The van der Waals surface area contributed by atoms with Crippen molar-refractivity contribution in [1.29, 1.82) is 0 Å². The molecule has 21 heavy (non-hydrogen) atoms. The van der Waals surface area contributed by atoms with Gasteiger partial charge in [0, 0.05) is 12.4 Å². The molecule has 0 aromatic carbocycles. The maximum Gasteiger partial charge on any atom is 0.331 e. The van der Waals surface area contributed by atoms with E-state index in [0.717, 1.165) is 0 Å². The molecule has 0 aliphatic heterocycles. The summed E-state index contributed by atoms with van der Waals surface area (Å²) in [6.45, 7) is 11.5. The van der Waals surface area contributed by atoms with Gasteiger partial charge in [-0.3, -0.25) is 15.0 Å². The molecule has 0 saturated carbocycles. The second-order valence-electron chi connectivity index (χ2n) is 6.48. The number of hydrogen-bond acceptors (Lipinski definition) is 5. The molecule has 5 nitrogen and oxygen atoms in total. The minimum absolute atomic E-state index is 0.292. The SMILES string of the molecule is CC(=NC(CC(C)C)C(=O)OC(C)(C)C)c1cnccn1. The number of hydrogen-bond donors (Lipinski definition) is 0. The molecule has 0 radical (unpaired) electrons. The number of carbonyl (C=O) groups excluding carboxylic acids is 1. The van der Waals surface area contributed by atoms with Gasteiger partial charge in [0.2, 0.25) is 0 Å². The Hall–Kier alpha value is -1.78. The van der Waals surface area contributed by atoms with E-state index in [1.54, 1.807) is 18.6 Å². The highest BCUT2D eigenvalue weighted by molar-refractivity contribution is 5.98. The van der Waals surface area contributed by atoms with Crippen LogP contribution in [-0.4, -0.2) is 33.3 Å². The van der Waals surface area contributed by atoms with Crippen LogP contribution in [0.5, 0.6) is 0 Å². The number of esters is 1. The topological polar surface area (TPSA) is 64.4 Å². The van der Waals surface area contributed by atoms with Crippen molar-refractivity contribution in [3.8, 4) is 0 Å². The van der Waals surface area contributed by atoms with Crippen molar-refractivity contribution in [2.45, 2.75) is 59.6 Å². The number of ether oxygens (including phenoxy) is 1. The van der Waals surface area contributed by atoms with Gasteiger partial charge in [-0.25, -0.2) is 4.79 Å². The molecule has 0 saturated heterocycles. The summed E-state index contributed by atoms with van der Waals surface area (Å²) in [5, 5.41) is 0. The standard InChI is InChI=1S/C16H25N3O2/c1-11(2)9-13(15(20)21-16(4,5)6)19-12(3)14-10-17-7-8-18-14/h7-8,10-11,13H,9H2,1-6H3. The molecular weight excluding hydrogens is 266 g/mol. The molecule has 1 aromatic rings. The third-order valence-corrected chi connectivity index (χ3v) is 2.66. The number of rotatable bonds is 5. The highest BCUT2D eigenvalue weighted by Crippen LogP contribution is 2.16. The molecule has 5 heteroatoms. The van der Waals surface area contributed by atoms with E-state index in [1.165, 1.54) is 0 Å². The predicted octanol–water partition coefficient (Wildman–Crippen LogP) is 3.04. The van der Waals surface area contributed by atoms with Gasteiger partial charge in [0.05, 0.1) is 11.9 Å². The lowest BCUT2D eigenvalue weighted by Crippen LogP contribution is -2.32. The molecular formula is C16H25N3O2. The summed E-state index contributed by atoms with van der Waals surface area (Å²) in [5.41, 5.74) is 0.858. The highest BCUT2D eigenvalue weighted by atomic mass is 16.6. The molecule has 1 atom stereocenters. The van der Waals surface area contributed by atoms with Gasteiger partial charge in [0.1, 0.15) is 17.3 Å². The Kier molecular flexibility index (Phi) is 6.00. The third-order valence-electron chi connectivity index (χ3n) is 2.66. The van der Waals surface area contributed by atoms with Crippen molar-refractivity contribution in [3.63, 3.8) is 0 Å².